The Bertz CT molecular complexity index is 1090. The lowest BCUT2D eigenvalue weighted by Gasteiger charge is -2.29. The number of carbonyl (C=O) groups is 1. The van der Waals surface area contributed by atoms with E-state index in [1.807, 2.05) is 0 Å². The van der Waals surface area contributed by atoms with Gasteiger partial charge < -0.3 is 10.1 Å². The SMILES string of the molecule is COC(=O)[C@@H]1CCCC[C@H]1c1nc(-c2ccc(F)cc2)sc1-c1ccc(C2CNC2)cc1. The number of aromatic nitrogens is 1. The van der Waals surface area contributed by atoms with E-state index in [0.29, 0.717) is 5.92 Å². The van der Waals surface area contributed by atoms with E-state index in [1.165, 1.54) is 24.8 Å². The summed E-state index contributed by atoms with van der Waals surface area (Å²) >= 11 is 1.62. The van der Waals surface area contributed by atoms with Gasteiger partial charge in [0.2, 0.25) is 0 Å². The fourth-order valence-corrected chi connectivity index (χ4v) is 5.98. The Morgan fingerprint density at radius 1 is 1.03 bits per heavy atom. The summed E-state index contributed by atoms with van der Waals surface area (Å²) in [5, 5.41) is 4.18. The number of nitrogens with zero attached hydrogens (tertiary/aromatic N) is 1. The molecule has 3 aromatic rings. The molecular formula is C26H27FN2O2S. The predicted octanol–water partition coefficient (Wildman–Crippen LogP) is 5.75. The quantitative estimate of drug-likeness (QED) is 0.503. The van der Waals surface area contributed by atoms with E-state index in [-0.39, 0.29) is 23.6 Å². The highest BCUT2D eigenvalue weighted by atomic mass is 32.1. The Hall–Kier alpha value is -2.57. The minimum absolute atomic E-state index is 0.0344. The van der Waals surface area contributed by atoms with Gasteiger partial charge in [0.1, 0.15) is 10.8 Å². The standard InChI is InChI=1S/C26H27FN2O2S/c1-31-26(30)22-5-3-2-4-21(22)23-24(17-8-6-16(7-9-17)19-14-28-15-19)32-25(29-23)18-10-12-20(27)13-11-18/h6-13,19,21-22,28H,2-5,14-15H2,1H3/t21-,22-/m1/s1. The molecule has 2 aromatic carbocycles. The highest BCUT2D eigenvalue weighted by molar-refractivity contribution is 7.18. The van der Waals surface area contributed by atoms with Crippen LogP contribution in [0.25, 0.3) is 21.0 Å². The first kappa shape index (κ1) is 21.3. The summed E-state index contributed by atoms with van der Waals surface area (Å²) in [4.78, 5) is 18.7. The third-order valence-electron chi connectivity index (χ3n) is 6.79. The van der Waals surface area contributed by atoms with Crippen LogP contribution in [-0.2, 0) is 9.53 Å². The monoisotopic (exact) mass is 450 g/mol. The highest BCUT2D eigenvalue weighted by Gasteiger charge is 2.36. The van der Waals surface area contributed by atoms with E-state index in [1.54, 1.807) is 23.5 Å². The molecule has 1 aliphatic heterocycles. The van der Waals surface area contributed by atoms with E-state index < -0.39 is 0 Å². The van der Waals surface area contributed by atoms with E-state index in [9.17, 15) is 9.18 Å². The Labute approximate surface area is 191 Å². The summed E-state index contributed by atoms with van der Waals surface area (Å²) in [6, 6.07) is 15.2. The summed E-state index contributed by atoms with van der Waals surface area (Å²) in [6.07, 6.45) is 3.86. The Kier molecular flexibility index (Phi) is 6.07. The summed E-state index contributed by atoms with van der Waals surface area (Å²) in [6.45, 7) is 2.06. The molecule has 2 aliphatic rings. The van der Waals surface area contributed by atoms with E-state index in [0.717, 1.165) is 65.5 Å². The topological polar surface area (TPSA) is 51.2 Å². The van der Waals surface area contributed by atoms with Crippen molar-refractivity contribution in [2.75, 3.05) is 20.2 Å². The van der Waals surface area contributed by atoms with Gasteiger partial charge in [-0.1, -0.05) is 37.1 Å². The van der Waals surface area contributed by atoms with E-state index in [2.05, 4.69) is 29.6 Å². The molecule has 1 N–H and O–H groups in total. The maximum atomic E-state index is 13.5. The number of hydrogen-bond acceptors (Lipinski definition) is 5. The van der Waals surface area contributed by atoms with Crippen LogP contribution in [0, 0.1) is 11.7 Å². The van der Waals surface area contributed by atoms with Crippen molar-refractivity contribution in [1.82, 2.24) is 10.3 Å². The van der Waals surface area contributed by atoms with E-state index >= 15 is 0 Å². The zero-order valence-corrected chi connectivity index (χ0v) is 19.0. The maximum Gasteiger partial charge on any atom is 0.309 e. The molecule has 1 saturated heterocycles. The number of rotatable bonds is 5. The number of halogens is 1. The number of benzene rings is 2. The van der Waals surface area contributed by atoms with Crippen LogP contribution in [0.4, 0.5) is 4.39 Å². The molecule has 2 heterocycles. The second-order valence-corrected chi connectivity index (χ2v) is 9.74. The van der Waals surface area contributed by atoms with Crippen LogP contribution in [0.15, 0.2) is 48.5 Å². The summed E-state index contributed by atoms with van der Waals surface area (Å²) in [5.41, 5.74) is 4.34. The van der Waals surface area contributed by atoms with Crippen molar-refractivity contribution in [2.24, 2.45) is 5.92 Å². The smallest absolute Gasteiger partial charge is 0.309 e. The molecule has 166 valence electrons. The van der Waals surface area contributed by atoms with Gasteiger partial charge in [-0.3, -0.25) is 4.79 Å². The van der Waals surface area contributed by atoms with Gasteiger partial charge in [0.15, 0.2) is 0 Å². The van der Waals surface area contributed by atoms with Gasteiger partial charge in [-0.25, -0.2) is 9.37 Å². The third kappa shape index (κ3) is 4.09. The molecule has 4 nitrogen and oxygen atoms in total. The average molecular weight is 451 g/mol. The number of hydrogen-bond donors (Lipinski definition) is 1. The lowest BCUT2D eigenvalue weighted by molar-refractivity contribution is -0.147. The van der Waals surface area contributed by atoms with Gasteiger partial charge in [0.05, 0.1) is 23.6 Å². The van der Waals surface area contributed by atoms with Crippen molar-refractivity contribution >= 4 is 17.3 Å². The lowest BCUT2D eigenvalue weighted by atomic mass is 9.76. The normalized spacial score (nSPS) is 21.2. The van der Waals surface area contributed by atoms with Gasteiger partial charge in [0, 0.05) is 30.5 Å². The summed E-state index contributed by atoms with van der Waals surface area (Å²) < 4.78 is 18.6. The van der Waals surface area contributed by atoms with Gasteiger partial charge in [0.25, 0.3) is 0 Å². The molecule has 32 heavy (non-hydrogen) atoms. The number of carbonyl (C=O) groups excluding carboxylic acids is 1. The van der Waals surface area contributed by atoms with Gasteiger partial charge in [-0.15, -0.1) is 11.3 Å². The Morgan fingerprint density at radius 3 is 2.38 bits per heavy atom. The number of esters is 1. The summed E-state index contributed by atoms with van der Waals surface area (Å²) in [7, 11) is 1.47. The van der Waals surface area contributed by atoms with Crippen molar-refractivity contribution in [3.05, 3.63) is 65.6 Å². The third-order valence-corrected chi connectivity index (χ3v) is 7.96. The van der Waals surface area contributed by atoms with Crippen molar-refractivity contribution in [3.8, 4) is 21.0 Å². The molecule has 2 atom stereocenters. The van der Waals surface area contributed by atoms with Crippen LogP contribution >= 0.6 is 11.3 Å². The van der Waals surface area contributed by atoms with Crippen LogP contribution in [0.1, 0.15) is 48.8 Å². The molecule has 0 unspecified atom stereocenters. The molecule has 0 bridgehead atoms. The first-order valence-corrected chi connectivity index (χ1v) is 12.1. The molecule has 1 aliphatic carbocycles. The second kappa shape index (κ2) is 9.12. The molecule has 0 spiro atoms. The number of nitrogens with one attached hydrogen (secondary N) is 1. The van der Waals surface area contributed by atoms with Crippen LogP contribution in [0.3, 0.4) is 0 Å². The maximum absolute atomic E-state index is 13.5. The minimum atomic E-state index is -0.259. The zero-order chi connectivity index (χ0) is 22.1. The largest absolute Gasteiger partial charge is 0.469 e. The van der Waals surface area contributed by atoms with Crippen LogP contribution in [0.2, 0.25) is 0 Å². The highest BCUT2D eigenvalue weighted by Crippen LogP contribution is 2.46. The summed E-state index contributed by atoms with van der Waals surface area (Å²) in [5.74, 6) is 0.0413. The first-order chi connectivity index (χ1) is 15.6. The average Bonchev–Trinajstić information content (AvgIpc) is 3.24. The van der Waals surface area contributed by atoms with Crippen molar-refractivity contribution in [3.63, 3.8) is 0 Å². The number of thiazole rings is 1. The lowest BCUT2D eigenvalue weighted by Crippen LogP contribution is -2.39. The molecule has 2 fully saturated rings. The molecular weight excluding hydrogens is 423 g/mol. The van der Waals surface area contributed by atoms with Gasteiger partial charge in [-0.2, -0.15) is 0 Å². The molecule has 1 saturated carbocycles. The molecule has 6 heteroatoms. The van der Waals surface area contributed by atoms with Gasteiger partial charge >= 0.3 is 5.97 Å². The molecule has 5 rings (SSSR count). The molecule has 0 amide bonds. The molecule has 1 aromatic heterocycles. The number of methoxy groups -OCH3 is 1. The van der Waals surface area contributed by atoms with Gasteiger partial charge in [-0.05, 0) is 48.2 Å². The minimum Gasteiger partial charge on any atom is -0.469 e. The van der Waals surface area contributed by atoms with Crippen LogP contribution in [0.5, 0.6) is 0 Å². The van der Waals surface area contributed by atoms with Crippen molar-refractivity contribution < 1.29 is 13.9 Å². The van der Waals surface area contributed by atoms with Crippen molar-refractivity contribution in [2.45, 2.75) is 37.5 Å². The fraction of sp³-hybridized carbons (Fsp3) is 0.385. The zero-order valence-electron chi connectivity index (χ0n) is 18.1. The Balaban J connectivity index is 1.57. The second-order valence-electron chi connectivity index (χ2n) is 8.74. The van der Waals surface area contributed by atoms with Crippen molar-refractivity contribution in [1.29, 1.82) is 0 Å². The Morgan fingerprint density at radius 2 is 1.72 bits per heavy atom. The number of ether oxygens (including phenoxy) is 1. The molecule has 0 radical (unpaired) electrons. The predicted molar refractivity (Wildman–Crippen MR) is 125 cm³/mol. The first-order valence-electron chi connectivity index (χ1n) is 11.3. The van der Waals surface area contributed by atoms with E-state index in [4.69, 9.17) is 9.72 Å². The fourth-order valence-electron chi connectivity index (χ4n) is 4.83. The van der Waals surface area contributed by atoms with Crippen LogP contribution in [-0.4, -0.2) is 31.2 Å². The van der Waals surface area contributed by atoms with Crippen LogP contribution < -0.4 is 5.32 Å².